The van der Waals surface area contributed by atoms with Gasteiger partial charge in [-0.25, -0.2) is 15.4 Å². The van der Waals surface area contributed by atoms with E-state index < -0.39 is 0 Å². The number of carbonyl (C=O) groups excluding carboxylic acids is 1. The second-order valence-electron chi connectivity index (χ2n) is 9.23. The van der Waals surface area contributed by atoms with Crippen LogP contribution < -0.4 is 20.8 Å². The van der Waals surface area contributed by atoms with Crippen LogP contribution in [0, 0.1) is 11.3 Å². The van der Waals surface area contributed by atoms with E-state index in [9.17, 15) is 15.2 Å². The average molecular weight is 490 g/mol. The third-order valence-corrected chi connectivity index (χ3v) is 6.91. The van der Waals surface area contributed by atoms with E-state index in [2.05, 4.69) is 27.0 Å². The number of fused-ring (bicyclic) bond motifs is 10. The average Bonchev–Trinajstić information content (AvgIpc) is 3.49. The molecule has 1 amide bonds. The zero-order chi connectivity index (χ0) is 24.6. The molecular weight excluding hydrogens is 462 g/mol. The molecule has 1 aromatic carbocycles. The summed E-state index contributed by atoms with van der Waals surface area (Å²) in [7, 11) is 0. The van der Waals surface area contributed by atoms with E-state index in [-0.39, 0.29) is 24.7 Å². The Kier molecular flexibility index (Phi) is 5.85. The van der Waals surface area contributed by atoms with Crippen molar-refractivity contribution in [2.75, 3.05) is 43.5 Å². The molecule has 36 heavy (non-hydrogen) atoms. The molecule has 1 fully saturated rings. The summed E-state index contributed by atoms with van der Waals surface area (Å²) in [4.78, 5) is 18.9. The maximum absolute atomic E-state index is 12.1. The predicted octanol–water partition coefficient (Wildman–Crippen LogP) is 1.19. The first-order valence-electron chi connectivity index (χ1n) is 12.1. The number of rotatable bonds is 1. The topological polar surface area (TPSA) is 134 Å². The van der Waals surface area contributed by atoms with Gasteiger partial charge in [0.25, 0.3) is 0 Å². The van der Waals surface area contributed by atoms with Crippen LogP contribution in [0.3, 0.4) is 0 Å². The van der Waals surface area contributed by atoms with Gasteiger partial charge in [0.05, 0.1) is 43.2 Å². The number of aliphatic hydroxyl groups excluding tert-OH is 1. The molecule has 5 heterocycles. The van der Waals surface area contributed by atoms with Gasteiger partial charge in [0.15, 0.2) is 5.82 Å². The van der Waals surface area contributed by atoms with Crippen LogP contribution in [-0.4, -0.2) is 71.8 Å². The summed E-state index contributed by atoms with van der Waals surface area (Å²) in [5, 5.41) is 28.0. The van der Waals surface area contributed by atoms with Crippen LogP contribution in [0.1, 0.15) is 18.4 Å². The molecule has 0 radical (unpaired) electrons. The van der Waals surface area contributed by atoms with Crippen molar-refractivity contribution in [2.24, 2.45) is 4.99 Å². The fraction of sp³-hybridized carbons (Fsp3) is 0.400. The predicted molar refractivity (Wildman–Crippen MR) is 132 cm³/mol. The monoisotopic (exact) mass is 489 g/mol. The molecule has 6 rings (SSSR count). The highest BCUT2D eigenvalue weighted by molar-refractivity contribution is 5.97. The normalized spacial score (nSPS) is 26.1. The van der Waals surface area contributed by atoms with Crippen LogP contribution in [0.25, 0.3) is 0 Å². The molecule has 11 heteroatoms. The molecule has 11 nitrogen and oxygen atoms in total. The highest BCUT2D eigenvalue weighted by Gasteiger charge is 2.37. The summed E-state index contributed by atoms with van der Waals surface area (Å²) in [6.07, 6.45) is 7.36. The molecule has 1 aromatic rings. The number of aryl methyl sites for hydroxylation is 1. The fourth-order valence-electron chi connectivity index (χ4n) is 5.13. The van der Waals surface area contributed by atoms with Crippen molar-refractivity contribution in [2.45, 2.75) is 31.4 Å². The Hall–Kier alpha value is -3.85. The van der Waals surface area contributed by atoms with Crippen molar-refractivity contribution in [3.05, 3.63) is 53.1 Å². The lowest BCUT2D eigenvalue weighted by atomic mass is 10.0. The number of nitriles is 1. The summed E-state index contributed by atoms with van der Waals surface area (Å²) in [6, 6.07) is 5.97. The molecule has 5 aliphatic rings. The summed E-state index contributed by atoms with van der Waals surface area (Å²) in [5.74, 6) is 2.44. The van der Waals surface area contributed by atoms with E-state index in [1.807, 2.05) is 30.4 Å². The number of nitrogens with zero attached hydrogens (tertiary/aromatic N) is 4. The SMILES string of the molecule is N#CC1=C2N=C3C=C(Nc4cc5c(c(c4)OC/C=C/COC4CC(CO)N3C4)NC(=O)CC5)N2NC1. The number of hydrogen-bond acceptors (Lipinski definition) is 10. The quantitative estimate of drug-likeness (QED) is 0.429. The molecule has 0 aliphatic carbocycles. The molecular formula is C25H27N7O4. The van der Waals surface area contributed by atoms with Crippen molar-refractivity contribution in [3.63, 3.8) is 0 Å². The van der Waals surface area contributed by atoms with Crippen LogP contribution in [-0.2, 0) is 16.0 Å². The Morgan fingerprint density at radius 2 is 2.11 bits per heavy atom. The van der Waals surface area contributed by atoms with Gasteiger partial charge < -0.3 is 30.1 Å². The van der Waals surface area contributed by atoms with Crippen molar-refractivity contribution >= 4 is 23.1 Å². The molecule has 0 aromatic heterocycles. The summed E-state index contributed by atoms with van der Waals surface area (Å²) in [5.41, 5.74) is 6.22. The van der Waals surface area contributed by atoms with Gasteiger partial charge >= 0.3 is 0 Å². The van der Waals surface area contributed by atoms with Gasteiger partial charge in [-0.05, 0) is 30.5 Å². The number of hydrazine groups is 1. The Morgan fingerprint density at radius 1 is 1.22 bits per heavy atom. The van der Waals surface area contributed by atoms with Crippen LogP contribution in [0.4, 0.5) is 11.4 Å². The smallest absolute Gasteiger partial charge is 0.224 e. The number of nitrogens with one attached hydrogen (secondary N) is 3. The van der Waals surface area contributed by atoms with Gasteiger partial charge in [-0.15, -0.1) is 0 Å². The van der Waals surface area contributed by atoms with Crippen molar-refractivity contribution in [1.29, 1.82) is 5.26 Å². The van der Waals surface area contributed by atoms with E-state index in [4.69, 9.17) is 14.5 Å². The third kappa shape index (κ3) is 4.09. The molecule has 2 atom stereocenters. The molecule has 5 aliphatic heterocycles. The zero-order valence-corrected chi connectivity index (χ0v) is 19.7. The molecule has 2 unspecified atom stereocenters. The van der Waals surface area contributed by atoms with Crippen LogP contribution in [0.15, 0.2) is 52.6 Å². The molecule has 6 bridgehead atoms. The van der Waals surface area contributed by atoms with Gasteiger partial charge in [-0.1, -0.05) is 6.08 Å². The first-order chi connectivity index (χ1) is 17.6. The lowest BCUT2D eigenvalue weighted by molar-refractivity contribution is -0.116. The van der Waals surface area contributed by atoms with Gasteiger partial charge in [-0.3, -0.25) is 4.79 Å². The molecule has 0 spiro atoms. The lowest BCUT2D eigenvalue weighted by Gasteiger charge is -2.32. The first kappa shape index (κ1) is 22.6. The molecule has 4 N–H and O–H groups in total. The number of carbonyl (C=O) groups is 1. The Bertz CT molecular complexity index is 1260. The van der Waals surface area contributed by atoms with Crippen molar-refractivity contribution in [1.82, 2.24) is 15.3 Å². The number of aliphatic imine (C=N–C) groups is 1. The standard InChI is InChI=1S/C25H27N7O4/c26-11-16-12-27-32-22-10-21(29-25(16)32)31-13-19(9-18(31)14-33)35-5-1-2-6-36-20-8-17(28-22)7-15-3-4-23(34)30-24(15)20/h1-2,7-8,10,18-19,27-28,33H,3-6,9,12-14H2,(H,30,34)/b2-1+. The molecule has 0 saturated carbocycles. The molecule has 186 valence electrons. The maximum atomic E-state index is 12.1. The summed E-state index contributed by atoms with van der Waals surface area (Å²) < 4.78 is 12.1. The highest BCUT2D eigenvalue weighted by atomic mass is 16.5. The van der Waals surface area contributed by atoms with E-state index in [1.165, 1.54) is 0 Å². The zero-order valence-electron chi connectivity index (χ0n) is 19.7. The minimum atomic E-state index is -0.139. The van der Waals surface area contributed by atoms with Gasteiger partial charge in [-0.2, -0.15) is 5.26 Å². The highest BCUT2D eigenvalue weighted by Crippen LogP contribution is 2.37. The van der Waals surface area contributed by atoms with Crippen molar-refractivity contribution < 1.29 is 19.4 Å². The Balaban J connectivity index is 1.44. The minimum Gasteiger partial charge on any atom is -0.487 e. The molecule has 1 saturated heterocycles. The van der Waals surface area contributed by atoms with Crippen LogP contribution in [0.2, 0.25) is 0 Å². The van der Waals surface area contributed by atoms with E-state index in [0.717, 1.165) is 11.3 Å². The van der Waals surface area contributed by atoms with E-state index in [1.54, 1.807) is 5.01 Å². The number of anilines is 2. The maximum Gasteiger partial charge on any atom is 0.224 e. The lowest BCUT2D eigenvalue weighted by Crippen LogP contribution is -2.42. The number of hydrogen-bond donors (Lipinski definition) is 4. The van der Waals surface area contributed by atoms with Gasteiger partial charge in [0.1, 0.15) is 30.1 Å². The van der Waals surface area contributed by atoms with E-state index in [0.29, 0.717) is 80.1 Å². The van der Waals surface area contributed by atoms with Gasteiger partial charge in [0.2, 0.25) is 5.91 Å². The number of amidine groups is 1. The Morgan fingerprint density at radius 3 is 2.97 bits per heavy atom. The number of benzene rings is 1. The first-order valence-corrected chi connectivity index (χ1v) is 12.1. The second-order valence-corrected chi connectivity index (χ2v) is 9.23. The third-order valence-electron chi connectivity index (χ3n) is 6.91. The second kappa shape index (κ2) is 9.31. The summed E-state index contributed by atoms with van der Waals surface area (Å²) >= 11 is 0. The van der Waals surface area contributed by atoms with Gasteiger partial charge in [0, 0.05) is 30.8 Å². The van der Waals surface area contributed by atoms with Crippen molar-refractivity contribution in [3.8, 4) is 11.8 Å². The van der Waals surface area contributed by atoms with E-state index >= 15 is 0 Å². The largest absolute Gasteiger partial charge is 0.487 e. The summed E-state index contributed by atoms with van der Waals surface area (Å²) in [6.45, 7) is 1.68. The van der Waals surface area contributed by atoms with Crippen LogP contribution >= 0.6 is 0 Å². The fourth-order valence-corrected chi connectivity index (χ4v) is 5.13. The number of ether oxygens (including phenoxy) is 2. The minimum absolute atomic E-state index is 0.0226. The Labute approximate surface area is 208 Å². The number of amides is 1. The number of aliphatic hydroxyl groups is 1. The van der Waals surface area contributed by atoms with Crippen LogP contribution in [0.5, 0.6) is 5.75 Å².